The van der Waals surface area contributed by atoms with E-state index in [-0.39, 0.29) is 5.82 Å². The summed E-state index contributed by atoms with van der Waals surface area (Å²) >= 11 is 0. The summed E-state index contributed by atoms with van der Waals surface area (Å²) in [7, 11) is 2.13. The predicted octanol–water partition coefficient (Wildman–Crippen LogP) is 2.47. The zero-order valence-corrected chi connectivity index (χ0v) is 12.7. The second-order valence-electron chi connectivity index (χ2n) is 5.57. The van der Waals surface area contributed by atoms with Crippen molar-refractivity contribution < 1.29 is 4.39 Å². The van der Waals surface area contributed by atoms with E-state index in [9.17, 15) is 4.39 Å². The van der Waals surface area contributed by atoms with Crippen molar-refractivity contribution in [3.63, 3.8) is 0 Å². The van der Waals surface area contributed by atoms with Gasteiger partial charge in [-0.05, 0) is 44.6 Å². The van der Waals surface area contributed by atoms with Gasteiger partial charge in [0.1, 0.15) is 5.82 Å². The van der Waals surface area contributed by atoms with Gasteiger partial charge < -0.3 is 15.1 Å². The Morgan fingerprint density at radius 2 is 2.05 bits per heavy atom. The van der Waals surface area contributed by atoms with Crippen LogP contribution in [0.5, 0.6) is 0 Å². The van der Waals surface area contributed by atoms with E-state index in [1.165, 1.54) is 0 Å². The van der Waals surface area contributed by atoms with Crippen molar-refractivity contribution >= 4 is 5.69 Å². The predicted molar refractivity (Wildman–Crippen MR) is 82.7 cm³/mol. The number of halogens is 1. The van der Waals surface area contributed by atoms with Crippen molar-refractivity contribution in [2.75, 3.05) is 44.7 Å². The van der Waals surface area contributed by atoms with E-state index in [1.807, 2.05) is 12.1 Å². The number of hydrogen-bond donors (Lipinski definition) is 1. The summed E-state index contributed by atoms with van der Waals surface area (Å²) in [5, 5.41) is 3.38. The molecule has 0 unspecified atom stereocenters. The Labute approximate surface area is 121 Å². The molecule has 4 heteroatoms. The smallest absolute Gasteiger partial charge is 0.146 e. The summed E-state index contributed by atoms with van der Waals surface area (Å²) < 4.78 is 14.3. The number of anilines is 1. The third kappa shape index (κ3) is 3.93. The summed E-state index contributed by atoms with van der Waals surface area (Å²) in [6, 6.07) is 5.43. The highest BCUT2D eigenvalue weighted by atomic mass is 19.1. The molecule has 0 atom stereocenters. The minimum absolute atomic E-state index is 0.0923. The average molecular weight is 279 g/mol. The molecule has 20 heavy (non-hydrogen) atoms. The molecular formula is C16H26FN3. The van der Waals surface area contributed by atoms with Crippen molar-refractivity contribution in [3.05, 3.63) is 29.6 Å². The van der Waals surface area contributed by atoms with E-state index in [4.69, 9.17) is 0 Å². The van der Waals surface area contributed by atoms with Crippen LogP contribution in [0.25, 0.3) is 0 Å². The highest BCUT2D eigenvalue weighted by Crippen LogP contribution is 2.25. The Bertz CT molecular complexity index is 422. The van der Waals surface area contributed by atoms with E-state index in [0.717, 1.165) is 63.4 Å². The zero-order chi connectivity index (χ0) is 14.4. The topological polar surface area (TPSA) is 18.5 Å². The SMILES string of the molecule is CCCNCc1cccc(F)c1N1CCCN(C)CC1. The molecule has 1 heterocycles. The van der Waals surface area contributed by atoms with Gasteiger partial charge in [0.15, 0.2) is 0 Å². The van der Waals surface area contributed by atoms with Crippen LogP contribution >= 0.6 is 0 Å². The van der Waals surface area contributed by atoms with Crippen LogP contribution in [0.2, 0.25) is 0 Å². The average Bonchev–Trinajstić information content (AvgIpc) is 2.64. The van der Waals surface area contributed by atoms with E-state index in [1.54, 1.807) is 6.07 Å². The summed E-state index contributed by atoms with van der Waals surface area (Å²) in [5.74, 6) is -0.0923. The molecule has 1 saturated heterocycles. The number of likely N-dealkylation sites (N-methyl/N-ethyl adjacent to an activating group) is 1. The highest BCUT2D eigenvalue weighted by molar-refractivity contribution is 5.55. The lowest BCUT2D eigenvalue weighted by atomic mass is 10.1. The molecule has 112 valence electrons. The largest absolute Gasteiger partial charge is 0.368 e. The second-order valence-corrected chi connectivity index (χ2v) is 5.57. The molecule has 1 aromatic rings. The molecule has 0 saturated carbocycles. The summed E-state index contributed by atoms with van der Waals surface area (Å²) in [5.41, 5.74) is 1.87. The molecule has 0 bridgehead atoms. The number of nitrogens with one attached hydrogen (secondary N) is 1. The first-order valence-corrected chi connectivity index (χ1v) is 7.64. The van der Waals surface area contributed by atoms with Crippen LogP contribution in [-0.4, -0.2) is 44.7 Å². The highest BCUT2D eigenvalue weighted by Gasteiger charge is 2.18. The minimum Gasteiger partial charge on any atom is -0.368 e. The fourth-order valence-corrected chi connectivity index (χ4v) is 2.73. The maximum Gasteiger partial charge on any atom is 0.146 e. The van der Waals surface area contributed by atoms with Crippen molar-refractivity contribution in [1.29, 1.82) is 0 Å². The zero-order valence-electron chi connectivity index (χ0n) is 12.7. The molecule has 1 N–H and O–H groups in total. The molecule has 0 aromatic heterocycles. The van der Waals surface area contributed by atoms with Crippen molar-refractivity contribution in [2.24, 2.45) is 0 Å². The van der Waals surface area contributed by atoms with E-state index in [0.29, 0.717) is 0 Å². The summed E-state index contributed by atoms with van der Waals surface area (Å²) in [6.07, 6.45) is 2.19. The molecule has 1 aliphatic rings. The number of para-hydroxylation sites is 1. The van der Waals surface area contributed by atoms with Gasteiger partial charge in [0.2, 0.25) is 0 Å². The van der Waals surface area contributed by atoms with Gasteiger partial charge in [0.25, 0.3) is 0 Å². The summed E-state index contributed by atoms with van der Waals surface area (Å²) in [4.78, 5) is 4.53. The normalized spacial score (nSPS) is 17.2. The molecule has 2 rings (SSSR count). The third-order valence-electron chi connectivity index (χ3n) is 3.85. The van der Waals surface area contributed by atoms with Crippen LogP contribution in [0.3, 0.4) is 0 Å². The summed E-state index contributed by atoms with van der Waals surface area (Å²) in [6.45, 7) is 7.78. The molecule has 0 aliphatic carbocycles. The van der Waals surface area contributed by atoms with Gasteiger partial charge in [-0.15, -0.1) is 0 Å². The van der Waals surface area contributed by atoms with Gasteiger partial charge in [0.05, 0.1) is 5.69 Å². The molecule has 1 fully saturated rings. The Morgan fingerprint density at radius 1 is 1.20 bits per heavy atom. The quantitative estimate of drug-likeness (QED) is 0.835. The van der Waals surface area contributed by atoms with Gasteiger partial charge in [0, 0.05) is 26.2 Å². The molecular weight excluding hydrogens is 253 g/mol. The Balaban J connectivity index is 2.15. The number of hydrogen-bond acceptors (Lipinski definition) is 3. The van der Waals surface area contributed by atoms with Crippen molar-refractivity contribution in [1.82, 2.24) is 10.2 Å². The van der Waals surface area contributed by atoms with Crippen molar-refractivity contribution in [3.8, 4) is 0 Å². The van der Waals surface area contributed by atoms with Gasteiger partial charge in [-0.25, -0.2) is 4.39 Å². The number of rotatable bonds is 5. The Morgan fingerprint density at radius 3 is 2.85 bits per heavy atom. The van der Waals surface area contributed by atoms with Crippen LogP contribution in [0, 0.1) is 5.82 Å². The monoisotopic (exact) mass is 279 g/mol. The molecule has 1 aromatic carbocycles. The fourth-order valence-electron chi connectivity index (χ4n) is 2.73. The van der Waals surface area contributed by atoms with Gasteiger partial charge in [-0.2, -0.15) is 0 Å². The lowest BCUT2D eigenvalue weighted by Crippen LogP contribution is -2.31. The molecule has 0 amide bonds. The van der Waals surface area contributed by atoms with Crippen molar-refractivity contribution in [2.45, 2.75) is 26.3 Å². The Hall–Kier alpha value is -1.13. The fraction of sp³-hybridized carbons (Fsp3) is 0.625. The van der Waals surface area contributed by atoms with E-state index < -0.39 is 0 Å². The molecule has 3 nitrogen and oxygen atoms in total. The van der Waals surface area contributed by atoms with Crippen LogP contribution in [0.15, 0.2) is 18.2 Å². The van der Waals surface area contributed by atoms with Gasteiger partial charge in [-0.3, -0.25) is 0 Å². The van der Waals surface area contributed by atoms with E-state index >= 15 is 0 Å². The maximum absolute atomic E-state index is 14.3. The lowest BCUT2D eigenvalue weighted by Gasteiger charge is -2.26. The molecule has 0 spiro atoms. The molecule has 1 aliphatic heterocycles. The first kappa shape index (κ1) is 15.3. The number of benzene rings is 1. The van der Waals surface area contributed by atoms with E-state index in [2.05, 4.69) is 29.1 Å². The van der Waals surface area contributed by atoms with Crippen LogP contribution in [0.4, 0.5) is 10.1 Å². The molecule has 0 radical (unpaired) electrons. The lowest BCUT2D eigenvalue weighted by molar-refractivity contribution is 0.360. The minimum atomic E-state index is -0.0923. The van der Waals surface area contributed by atoms with Gasteiger partial charge >= 0.3 is 0 Å². The van der Waals surface area contributed by atoms with Crippen LogP contribution in [0.1, 0.15) is 25.3 Å². The Kier molecular flexibility index (Phi) is 5.80. The first-order chi connectivity index (χ1) is 9.72. The first-order valence-electron chi connectivity index (χ1n) is 7.64. The standard InChI is InChI=1S/C16H26FN3/c1-3-8-18-13-14-6-4-7-15(17)16(14)20-10-5-9-19(2)11-12-20/h4,6-7,18H,3,5,8-13H2,1-2H3. The second kappa shape index (κ2) is 7.60. The van der Waals surface area contributed by atoms with Crippen LogP contribution < -0.4 is 10.2 Å². The van der Waals surface area contributed by atoms with Crippen LogP contribution in [-0.2, 0) is 6.54 Å². The maximum atomic E-state index is 14.3. The third-order valence-corrected chi connectivity index (χ3v) is 3.85. The number of nitrogens with zero attached hydrogens (tertiary/aromatic N) is 2. The van der Waals surface area contributed by atoms with Gasteiger partial charge in [-0.1, -0.05) is 19.1 Å².